The van der Waals surface area contributed by atoms with E-state index in [1.807, 2.05) is 0 Å². The molecule has 0 bridgehead atoms. The molecule has 0 saturated heterocycles. The van der Waals surface area contributed by atoms with Crippen LogP contribution in [0.25, 0.3) is 0 Å². The van der Waals surface area contributed by atoms with Gasteiger partial charge in [-0.1, -0.05) is 389 Å². The molecule has 19 heteroatoms. The van der Waals surface area contributed by atoms with Crippen molar-refractivity contribution in [1.82, 2.24) is 0 Å². The highest BCUT2D eigenvalue weighted by molar-refractivity contribution is 7.47. The molecular weight excluding hydrogens is 1340 g/mol. The zero-order chi connectivity index (χ0) is 75.8. The van der Waals surface area contributed by atoms with Crippen molar-refractivity contribution in [2.45, 2.75) is 458 Å². The Bertz CT molecular complexity index is 2000. The van der Waals surface area contributed by atoms with Crippen LogP contribution in [-0.4, -0.2) is 96.7 Å². The maximum atomic E-state index is 13.1. The van der Waals surface area contributed by atoms with Crippen molar-refractivity contribution in [3.8, 4) is 0 Å². The zero-order valence-corrected chi connectivity index (χ0v) is 69.6. The fraction of sp³-hybridized carbons (Fsp3) is 0.952. The number of ether oxygens (including phenoxy) is 4. The summed E-state index contributed by atoms with van der Waals surface area (Å²) in [5.41, 5.74) is 0. The molecule has 0 saturated carbocycles. The number of phosphoric acid groups is 2. The van der Waals surface area contributed by atoms with Gasteiger partial charge < -0.3 is 33.8 Å². The van der Waals surface area contributed by atoms with E-state index in [9.17, 15) is 43.2 Å². The van der Waals surface area contributed by atoms with E-state index >= 15 is 0 Å². The molecule has 0 fully saturated rings. The Morgan fingerprint density at radius 3 is 0.738 bits per heavy atom. The summed E-state index contributed by atoms with van der Waals surface area (Å²) >= 11 is 0. The molecule has 3 N–H and O–H groups in total. The molecule has 7 atom stereocenters. The van der Waals surface area contributed by atoms with E-state index in [0.29, 0.717) is 25.7 Å². The first-order valence-electron chi connectivity index (χ1n) is 43.4. The van der Waals surface area contributed by atoms with Crippen LogP contribution in [0.5, 0.6) is 0 Å². The van der Waals surface area contributed by atoms with Gasteiger partial charge in [-0.15, -0.1) is 0 Å². The van der Waals surface area contributed by atoms with Crippen molar-refractivity contribution in [1.29, 1.82) is 0 Å². The van der Waals surface area contributed by atoms with Crippen LogP contribution in [0.2, 0.25) is 0 Å². The summed E-state index contributed by atoms with van der Waals surface area (Å²) in [6.45, 7) is 12.1. The average Bonchev–Trinajstić information content (AvgIpc) is 0.914. The first-order chi connectivity index (χ1) is 49.8. The van der Waals surface area contributed by atoms with E-state index in [1.54, 1.807) is 0 Å². The van der Waals surface area contributed by atoms with Gasteiger partial charge in [0.2, 0.25) is 0 Å². The Kier molecular flexibility index (Phi) is 72.8. The summed E-state index contributed by atoms with van der Waals surface area (Å²) < 4.78 is 68.8. The Hall–Kier alpha value is -1.94. The van der Waals surface area contributed by atoms with E-state index in [4.69, 9.17) is 37.0 Å². The summed E-state index contributed by atoms with van der Waals surface area (Å²) in [7, 11) is -9.92. The molecule has 0 aliphatic carbocycles. The summed E-state index contributed by atoms with van der Waals surface area (Å²) in [4.78, 5) is 73.1. The maximum Gasteiger partial charge on any atom is 0.472 e. The van der Waals surface area contributed by atoms with Crippen LogP contribution < -0.4 is 0 Å². The van der Waals surface area contributed by atoms with E-state index in [1.165, 1.54) is 250 Å². The van der Waals surface area contributed by atoms with Crippen molar-refractivity contribution >= 4 is 39.5 Å². The Morgan fingerprint density at radius 2 is 0.495 bits per heavy atom. The van der Waals surface area contributed by atoms with Crippen LogP contribution >= 0.6 is 15.6 Å². The van der Waals surface area contributed by atoms with Crippen LogP contribution in [0.15, 0.2) is 0 Å². The second-order valence-electron chi connectivity index (χ2n) is 31.2. The van der Waals surface area contributed by atoms with Gasteiger partial charge in [-0.3, -0.25) is 37.3 Å². The SMILES string of the molecule is CCCCCCCCCCCCCC(=O)OC[C@H](COP(=O)(O)OC[C@H](O)COP(=O)(O)OC[C@@H](COC(=O)CCCCCCCCCCCCCCCC(C)C)OC(=O)CCCCCCCCCCCCCCCCCCCCC(C)CC)OC(=O)CCCCCCCCCCCCC(C)CC. The minimum absolute atomic E-state index is 0.107. The van der Waals surface area contributed by atoms with E-state index in [0.717, 1.165) is 108 Å². The number of carbonyl (C=O) groups excluding carboxylic acids is 4. The van der Waals surface area contributed by atoms with Gasteiger partial charge in [0, 0.05) is 25.7 Å². The third-order valence-corrected chi connectivity index (χ3v) is 22.3. The number of hydrogen-bond acceptors (Lipinski definition) is 15. The Morgan fingerprint density at radius 1 is 0.282 bits per heavy atom. The predicted octanol–water partition coefficient (Wildman–Crippen LogP) is 25.3. The van der Waals surface area contributed by atoms with Crippen LogP contribution in [0.4, 0.5) is 0 Å². The molecule has 0 spiro atoms. The highest BCUT2D eigenvalue weighted by atomic mass is 31.2. The number of unbranched alkanes of at least 4 members (excludes halogenated alkanes) is 48. The second-order valence-corrected chi connectivity index (χ2v) is 34.1. The van der Waals surface area contributed by atoms with Crippen molar-refractivity contribution in [3.63, 3.8) is 0 Å². The minimum atomic E-state index is -4.96. The van der Waals surface area contributed by atoms with Crippen molar-refractivity contribution in [2.75, 3.05) is 39.6 Å². The number of phosphoric ester groups is 2. The van der Waals surface area contributed by atoms with Crippen LogP contribution in [-0.2, 0) is 65.4 Å². The molecule has 0 radical (unpaired) electrons. The highest BCUT2D eigenvalue weighted by Crippen LogP contribution is 2.45. The number of esters is 4. The molecule has 0 rings (SSSR count). The second kappa shape index (κ2) is 74.2. The number of aliphatic hydroxyl groups is 1. The smallest absolute Gasteiger partial charge is 0.462 e. The van der Waals surface area contributed by atoms with Gasteiger partial charge in [0.1, 0.15) is 19.3 Å². The molecule has 103 heavy (non-hydrogen) atoms. The molecule has 17 nitrogen and oxygen atoms in total. The number of hydrogen-bond donors (Lipinski definition) is 3. The summed E-state index contributed by atoms with van der Waals surface area (Å²) in [6.07, 6.45) is 63.7. The molecule has 0 aliphatic heterocycles. The fourth-order valence-corrected chi connectivity index (χ4v) is 14.5. The minimum Gasteiger partial charge on any atom is -0.462 e. The quantitative estimate of drug-likeness (QED) is 0.0222. The third kappa shape index (κ3) is 75.3. The standard InChI is InChI=1S/C84H164O17P2/c1-8-11-12-13-14-15-27-37-44-51-58-65-81(86)94-71-80(101-84(89)68-61-54-47-40-33-32-36-43-50-57-64-77(7)10-3)74-99-103(92,93)97-70-78(85)69-96-102(90,91)98-73-79(72-95-82(87)66-59-52-45-38-30-26-22-23-28-34-41-48-55-62-75(4)5)100-83(88)67-60-53-46-39-31-25-21-19-17-16-18-20-24-29-35-42-49-56-63-76(6)9-2/h75-80,85H,8-74H2,1-7H3,(H,90,91)(H,92,93)/t76?,77?,78-,79-,80-/m1/s1. The van der Waals surface area contributed by atoms with Crippen molar-refractivity contribution in [3.05, 3.63) is 0 Å². The monoisotopic (exact) mass is 1510 g/mol. The third-order valence-electron chi connectivity index (χ3n) is 20.4. The Labute approximate surface area is 632 Å². The zero-order valence-electron chi connectivity index (χ0n) is 67.8. The van der Waals surface area contributed by atoms with Crippen LogP contribution in [0.1, 0.15) is 440 Å². The lowest BCUT2D eigenvalue weighted by atomic mass is 9.99. The largest absolute Gasteiger partial charge is 0.472 e. The van der Waals surface area contributed by atoms with Gasteiger partial charge in [-0.05, 0) is 43.4 Å². The van der Waals surface area contributed by atoms with Crippen molar-refractivity contribution < 1.29 is 80.2 Å². The topological polar surface area (TPSA) is 237 Å². The van der Waals surface area contributed by atoms with Gasteiger partial charge in [0.25, 0.3) is 0 Å². The highest BCUT2D eigenvalue weighted by Gasteiger charge is 2.30. The number of rotatable bonds is 82. The summed E-state index contributed by atoms with van der Waals surface area (Å²) in [5, 5.41) is 10.7. The number of aliphatic hydroxyl groups excluding tert-OH is 1. The Balaban J connectivity index is 5.23. The van der Waals surface area contributed by atoms with Gasteiger partial charge in [0.15, 0.2) is 12.2 Å². The number of carbonyl (C=O) groups is 4. The first kappa shape index (κ1) is 101. The lowest BCUT2D eigenvalue weighted by Gasteiger charge is -2.21. The average molecular weight is 1510 g/mol. The van der Waals surface area contributed by atoms with Crippen LogP contribution in [0, 0.1) is 17.8 Å². The molecule has 4 unspecified atom stereocenters. The van der Waals surface area contributed by atoms with E-state index < -0.39 is 97.5 Å². The lowest BCUT2D eigenvalue weighted by Crippen LogP contribution is -2.30. The molecule has 0 heterocycles. The van der Waals surface area contributed by atoms with Gasteiger partial charge in [0.05, 0.1) is 26.4 Å². The van der Waals surface area contributed by atoms with Gasteiger partial charge >= 0.3 is 39.5 Å². The van der Waals surface area contributed by atoms with Gasteiger partial charge in [-0.2, -0.15) is 0 Å². The summed E-state index contributed by atoms with van der Waals surface area (Å²) in [5.74, 6) is 0.359. The molecule has 0 aliphatic rings. The molecule has 612 valence electrons. The van der Waals surface area contributed by atoms with E-state index in [-0.39, 0.29) is 25.7 Å². The van der Waals surface area contributed by atoms with Crippen molar-refractivity contribution in [2.24, 2.45) is 17.8 Å². The van der Waals surface area contributed by atoms with Gasteiger partial charge in [-0.25, -0.2) is 9.13 Å². The first-order valence-corrected chi connectivity index (χ1v) is 46.4. The predicted molar refractivity (Wildman–Crippen MR) is 423 cm³/mol. The molecule has 0 aromatic heterocycles. The molecule has 0 aromatic rings. The maximum absolute atomic E-state index is 13.1. The lowest BCUT2D eigenvalue weighted by molar-refractivity contribution is -0.161. The fourth-order valence-electron chi connectivity index (χ4n) is 13.0. The summed E-state index contributed by atoms with van der Waals surface area (Å²) in [6, 6.07) is 0. The normalized spacial score (nSPS) is 14.4. The molecule has 0 amide bonds. The van der Waals surface area contributed by atoms with Crippen LogP contribution in [0.3, 0.4) is 0 Å². The van der Waals surface area contributed by atoms with E-state index in [2.05, 4.69) is 48.5 Å². The molecule has 0 aromatic carbocycles. The molecular formula is C84H164O17P2.